The highest BCUT2D eigenvalue weighted by atomic mass is 16.6. The predicted octanol–water partition coefficient (Wildman–Crippen LogP) is 3.45. The molecule has 1 aliphatic heterocycles. The van der Waals surface area contributed by atoms with Gasteiger partial charge in [-0.3, -0.25) is 0 Å². The average Bonchev–Trinajstić information content (AvgIpc) is 3.12. The molecule has 1 aromatic carbocycles. The number of ether oxygens (including phenoxy) is 1. The molecule has 1 saturated heterocycles. The second-order valence-corrected chi connectivity index (χ2v) is 7.93. The number of aromatic nitrogens is 3. The fourth-order valence-corrected chi connectivity index (χ4v) is 3.33. The van der Waals surface area contributed by atoms with Gasteiger partial charge in [-0.25, -0.2) is 14.3 Å². The van der Waals surface area contributed by atoms with Gasteiger partial charge in [-0.1, -0.05) is 30.3 Å². The molecule has 0 atom stereocenters. The maximum absolute atomic E-state index is 12.3. The van der Waals surface area contributed by atoms with Crippen molar-refractivity contribution in [2.75, 3.05) is 31.1 Å². The topological polar surface area (TPSA) is 63.0 Å². The van der Waals surface area contributed by atoms with Crippen molar-refractivity contribution in [3.63, 3.8) is 0 Å². The van der Waals surface area contributed by atoms with E-state index in [2.05, 4.69) is 33.2 Å². The summed E-state index contributed by atoms with van der Waals surface area (Å²) in [6.07, 6.45) is 3.38. The van der Waals surface area contributed by atoms with Crippen molar-refractivity contribution in [3.05, 3.63) is 48.8 Å². The number of nitrogens with zero attached hydrogens (tertiary/aromatic N) is 5. The lowest BCUT2D eigenvalue weighted by molar-refractivity contribution is 0.0240. The van der Waals surface area contributed by atoms with Gasteiger partial charge in [0.05, 0.1) is 5.69 Å². The molecule has 4 rings (SSSR count). The molecule has 28 heavy (non-hydrogen) atoms. The van der Waals surface area contributed by atoms with Crippen molar-refractivity contribution in [2.24, 2.45) is 0 Å². The predicted molar refractivity (Wildman–Crippen MR) is 108 cm³/mol. The number of benzene rings is 1. The van der Waals surface area contributed by atoms with Gasteiger partial charge < -0.3 is 14.5 Å². The van der Waals surface area contributed by atoms with E-state index in [-0.39, 0.29) is 6.09 Å². The van der Waals surface area contributed by atoms with Crippen LogP contribution in [0.5, 0.6) is 0 Å². The Labute approximate surface area is 164 Å². The Morgan fingerprint density at radius 2 is 1.79 bits per heavy atom. The summed E-state index contributed by atoms with van der Waals surface area (Å²) in [7, 11) is 0. The highest BCUT2D eigenvalue weighted by molar-refractivity contribution is 5.75. The van der Waals surface area contributed by atoms with E-state index in [1.807, 2.05) is 49.7 Å². The van der Waals surface area contributed by atoms with E-state index >= 15 is 0 Å². The molecule has 3 heterocycles. The van der Waals surface area contributed by atoms with Crippen LogP contribution in [0.3, 0.4) is 0 Å². The third-order valence-corrected chi connectivity index (χ3v) is 4.67. The molecule has 1 fully saturated rings. The van der Waals surface area contributed by atoms with Crippen LogP contribution in [-0.4, -0.2) is 57.4 Å². The second kappa shape index (κ2) is 7.14. The van der Waals surface area contributed by atoms with Gasteiger partial charge in [0.15, 0.2) is 5.82 Å². The Morgan fingerprint density at radius 1 is 1.07 bits per heavy atom. The van der Waals surface area contributed by atoms with Gasteiger partial charge >= 0.3 is 6.09 Å². The van der Waals surface area contributed by atoms with Crippen molar-refractivity contribution in [1.29, 1.82) is 0 Å². The standard InChI is InChI=1S/C21H25N5O2/c1-21(2,3)28-20(27)25-13-11-24(12-14-25)19-18-15-17(16-7-5-4-6-8-16)23-26(18)10-9-22-19/h4-10,15H,11-14H2,1-3H3. The van der Waals surface area contributed by atoms with Gasteiger partial charge in [0, 0.05) is 44.1 Å². The van der Waals surface area contributed by atoms with Crippen LogP contribution in [0.2, 0.25) is 0 Å². The minimum atomic E-state index is -0.479. The summed E-state index contributed by atoms with van der Waals surface area (Å²) in [5.41, 5.74) is 2.48. The van der Waals surface area contributed by atoms with Crippen LogP contribution in [0.4, 0.5) is 10.6 Å². The monoisotopic (exact) mass is 379 g/mol. The number of amides is 1. The first-order chi connectivity index (χ1) is 13.4. The summed E-state index contributed by atoms with van der Waals surface area (Å²) in [4.78, 5) is 20.8. The third-order valence-electron chi connectivity index (χ3n) is 4.67. The smallest absolute Gasteiger partial charge is 0.410 e. The molecule has 0 unspecified atom stereocenters. The maximum atomic E-state index is 12.3. The Morgan fingerprint density at radius 3 is 2.46 bits per heavy atom. The quantitative estimate of drug-likeness (QED) is 0.682. The molecule has 7 heteroatoms. The maximum Gasteiger partial charge on any atom is 0.410 e. The molecule has 0 aliphatic carbocycles. The number of piperazine rings is 1. The van der Waals surface area contributed by atoms with Crippen LogP contribution in [0.25, 0.3) is 16.8 Å². The van der Waals surface area contributed by atoms with Crippen molar-refractivity contribution in [1.82, 2.24) is 19.5 Å². The van der Waals surface area contributed by atoms with Gasteiger partial charge in [-0.05, 0) is 26.8 Å². The number of hydrogen-bond acceptors (Lipinski definition) is 5. The number of rotatable bonds is 2. The van der Waals surface area contributed by atoms with Crippen LogP contribution < -0.4 is 4.90 Å². The minimum absolute atomic E-state index is 0.256. The molecule has 146 valence electrons. The van der Waals surface area contributed by atoms with Crippen molar-refractivity contribution >= 4 is 17.4 Å². The highest BCUT2D eigenvalue weighted by Crippen LogP contribution is 2.25. The first kappa shape index (κ1) is 18.3. The van der Waals surface area contributed by atoms with Gasteiger partial charge in [0.2, 0.25) is 0 Å². The van der Waals surface area contributed by atoms with E-state index in [0.29, 0.717) is 26.2 Å². The summed E-state index contributed by atoms with van der Waals surface area (Å²) in [5.74, 6) is 0.890. The van der Waals surface area contributed by atoms with Gasteiger partial charge in [0.25, 0.3) is 0 Å². The molecule has 0 bridgehead atoms. The number of fused-ring (bicyclic) bond motifs is 1. The highest BCUT2D eigenvalue weighted by Gasteiger charge is 2.27. The lowest BCUT2D eigenvalue weighted by Gasteiger charge is -2.36. The van der Waals surface area contributed by atoms with E-state index in [0.717, 1.165) is 22.6 Å². The molecule has 7 nitrogen and oxygen atoms in total. The lowest BCUT2D eigenvalue weighted by Crippen LogP contribution is -2.50. The summed E-state index contributed by atoms with van der Waals surface area (Å²) in [5, 5.41) is 4.69. The molecule has 3 aromatic rings. The summed E-state index contributed by atoms with van der Waals surface area (Å²) in [6, 6.07) is 12.2. The molecule has 1 amide bonds. The van der Waals surface area contributed by atoms with E-state index in [4.69, 9.17) is 4.74 Å². The van der Waals surface area contributed by atoms with E-state index in [1.54, 1.807) is 11.1 Å². The average molecular weight is 379 g/mol. The van der Waals surface area contributed by atoms with Crippen molar-refractivity contribution < 1.29 is 9.53 Å². The fraction of sp³-hybridized carbons (Fsp3) is 0.381. The lowest BCUT2D eigenvalue weighted by atomic mass is 10.1. The normalized spacial score (nSPS) is 15.1. The number of carbonyl (C=O) groups is 1. The van der Waals surface area contributed by atoms with Crippen molar-refractivity contribution in [3.8, 4) is 11.3 Å². The van der Waals surface area contributed by atoms with Gasteiger partial charge in [-0.15, -0.1) is 0 Å². The third kappa shape index (κ3) is 3.78. The summed E-state index contributed by atoms with van der Waals surface area (Å²) < 4.78 is 7.35. The zero-order valence-corrected chi connectivity index (χ0v) is 16.5. The van der Waals surface area contributed by atoms with E-state index < -0.39 is 5.60 Å². The molecule has 0 spiro atoms. The number of anilines is 1. The number of carbonyl (C=O) groups excluding carboxylic acids is 1. The van der Waals surface area contributed by atoms with Gasteiger partial charge in [-0.2, -0.15) is 5.10 Å². The molecule has 0 N–H and O–H groups in total. The fourth-order valence-electron chi connectivity index (χ4n) is 3.33. The first-order valence-electron chi connectivity index (χ1n) is 9.53. The zero-order chi connectivity index (χ0) is 19.7. The van der Waals surface area contributed by atoms with Crippen LogP contribution >= 0.6 is 0 Å². The molecule has 2 aromatic heterocycles. The SMILES string of the molecule is CC(C)(C)OC(=O)N1CCN(c2nccn3nc(-c4ccccc4)cc23)CC1. The molecule has 0 saturated carbocycles. The first-order valence-corrected chi connectivity index (χ1v) is 9.53. The van der Waals surface area contributed by atoms with E-state index in [9.17, 15) is 4.79 Å². The van der Waals surface area contributed by atoms with Crippen LogP contribution in [-0.2, 0) is 4.74 Å². The Kier molecular flexibility index (Phi) is 4.66. The Hall–Kier alpha value is -3.09. The Bertz CT molecular complexity index is 969. The molecular formula is C21H25N5O2. The van der Waals surface area contributed by atoms with Gasteiger partial charge in [0.1, 0.15) is 11.1 Å². The summed E-state index contributed by atoms with van der Waals surface area (Å²) >= 11 is 0. The van der Waals surface area contributed by atoms with Crippen LogP contribution in [0, 0.1) is 0 Å². The molecular weight excluding hydrogens is 354 g/mol. The van der Waals surface area contributed by atoms with Crippen molar-refractivity contribution in [2.45, 2.75) is 26.4 Å². The van der Waals surface area contributed by atoms with Crippen LogP contribution in [0.15, 0.2) is 48.8 Å². The summed E-state index contributed by atoms with van der Waals surface area (Å²) in [6.45, 7) is 8.28. The molecule has 1 aliphatic rings. The minimum Gasteiger partial charge on any atom is -0.444 e. The molecule has 0 radical (unpaired) electrons. The zero-order valence-electron chi connectivity index (χ0n) is 16.5. The second-order valence-electron chi connectivity index (χ2n) is 7.93. The Balaban J connectivity index is 1.53. The number of hydrogen-bond donors (Lipinski definition) is 0. The van der Waals surface area contributed by atoms with Crippen LogP contribution in [0.1, 0.15) is 20.8 Å². The largest absolute Gasteiger partial charge is 0.444 e. The van der Waals surface area contributed by atoms with E-state index in [1.165, 1.54) is 0 Å².